The average molecular weight is 224 g/mol. The highest BCUT2D eigenvalue weighted by molar-refractivity contribution is 7.86. The molecular weight excluding hydrogens is 212 g/mol. The minimum Gasteiger partial charge on any atom is -0.346 e. The molecule has 0 rings (SSSR count). The molecule has 0 radical (unpaired) electrons. The van der Waals surface area contributed by atoms with E-state index in [-0.39, 0.29) is 0 Å². The van der Waals surface area contributed by atoms with E-state index in [4.69, 9.17) is 11.5 Å². The summed E-state index contributed by atoms with van der Waals surface area (Å²) in [5.41, 5.74) is 10.5. The third-order valence-corrected chi connectivity index (χ3v) is 1.79. The SMILES string of the molecule is CS(=O)(=O)OC(=O)CC(N)[C@@H](N)C=O. The van der Waals surface area contributed by atoms with Gasteiger partial charge < -0.3 is 20.4 Å². The Kier molecular flexibility index (Phi) is 4.68. The van der Waals surface area contributed by atoms with Crippen LogP contribution >= 0.6 is 0 Å². The molecule has 8 heteroatoms. The van der Waals surface area contributed by atoms with Crippen molar-refractivity contribution < 1.29 is 22.2 Å². The average Bonchev–Trinajstić information content (AvgIpc) is 1.99. The van der Waals surface area contributed by atoms with Gasteiger partial charge >= 0.3 is 16.1 Å². The highest BCUT2D eigenvalue weighted by Gasteiger charge is 2.19. The van der Waals surface area contributed by atoms with Crippen LogP contribution in [0.5, 0.6) is 0 Å². The van der Waals surface area contributed by atoms with Crippen LogP contribution < -0.4 is 11.5 Å². The molecule has 0 aromatic heterocycles. The number of carbonyl (C=O) groups excluding carboxylic acids is 2. The van der Waals surface area contributed by atoms with Crippen molar-refractivity contribution in [2.45, 2.75) is 18.5 Å². The molecule has 0 fully saturated rings. The minimum atomic E-state index is -3.84. The van der Waals surface area contributed by atoms with Crippen LogP contribution in [-0.4, -0.2) is 39.0 Å². The van der Waals surface area contributed by atoms with Crippen molar-refractivity contribution in [3.63, 3.8) is 0 Å². The van der Waals surface area contributed by atoms with Crippen LogP contribution in [0.25, 0.3) is 0 Å². The molecule has 0 aliphatic heterocycles. The van der Waals surface area contributed by atoms with Crippen LogP contribution in [-0.2, 0) is 23.9 Å². The van der Waals surface area contributed by atoms with Gasteiger partial charge in [-0.15, -0.1) is 0 Å². The van der Waals surface area contributed by atoms with Gasteiger partial charge in [-0.05, 0) is 0 Å². The van der Waals surface area contributed by atoms with E-state index >= 15 is 0 Å². The highest BCUT2D eigenvalue weighted by atomic mass is 32.2. The molecule has 0 aromatic rings. The zero-order chi connectivity index (χ0) is 11.4. The van der Waals surface area contributed by atoms with E-state index in [0.29, 0.717) is 6.29 Å². The lowest BCUT2D eigenvalue weighted by molar-refractivity contribution is -0.134. The quantitative estimate of drug-likeness (QED) is 0.398. The van der Waals surface area contributed by atoms with Crippen molar-refractivity contribution in [3.8, 4) is 0 Å². The molecular formula is C6H12N2O5S. The van der Waals surface area contributed by atoms with Gasteiger partial charge in [-0.1, -0.05) is 0 Å². The zero-order valence-corrected chi connectivity index (χ0v) is 8.36. The molecule has 0 aliphatic carbocycles. The first kappa shape index (κ1) is 13.0. The minimum absolute atomic E-state index is 0.373. The Hall–Kier alpha value is -0.990. The van der Waals surface area contributed by atoms with Crippen LogP contribution in [0, 0.1) is 0 Å². The maximum atomic E-state index is 10.8. The van der Waals surface area contributed by atoms with Gasteiger partial charge in [0.25, 0.3) is 0 Å². The van der Waals surface area contributed by atoms with Crippen molar-refractivity contribution in [2.75, 3.05) is 6.26 Å². The predicted molar refractivity (Wildman–Crippen MR) is 47.6 cm³/mol. The molecule has 0 amide bonds. The number of hydrogen-bond donors (Lipinski definition) is 2. The summed E-state index contributed by atoms with van der Waals surface area (Å²) in [6.07, 6.45) is 0.682. The van der Waals surface area contributed by atoms with Crippen LogP contribution in [0.15, 0.2) is 0 Å². The molecule has 0 aromatic carbocycles. The van der Waals surface area contributed by atoms with Gasteiger partial charge in [-0.25, -0.2) is 0 Å². The van der Waals surface area contributed by atoms with Gasteiger partial charge in [0.1, 0.15) is 6.29 Å². The third kappa shape index (κ3) is 5.62. The summed E-state index contributed by atoms with van der Waals surface area (Å²) < 4.78 is 24.9. The molecule has 2 atom stereocenters. The van der Waals surface area contributed by atoms with Gasteiger partial charge in [0, 0.05) is 6.04 Å². The van der Waals surface area contributed by atoms with Crippen LogP contribution in [0.3, 0.4) is 0 Å². The van der Waals surface area contributed by atoms with E-state index in [2.05, 4.69) is 4.18 Å². The lowest BCUT2D eigenvalue weighted by Gasteiger charge is -2.12. The van der Waals surface area contributed by atoms with Gasteiger partial charge in [-0.3, -0.25) is 4.79 Å². The first-order valence-electron chi connectivity index (χ1n) is 3.65. The number of carbonyl (C=O) groups is 2. The largest absolute Gasteiger partial charge is 0.346 e. The fourth-order valence-electron chi connectivity index (χ4n) is 0.632. The molecule has 0 spiro atoms. The first-order chi connectivity index (χ1) is 6.26. The highest BCUT2D eigenvalue weighted by Crippen LogP contribution is 1.97. The van der Waals surface area contributed by atoms with Gasteiger partial charge in [0.15, 0.2) is 0 Å². The van der Waals surface area contributed by atoms with Crippen molar-refractivity contribution in [3.05, 3.63) is 0 Å². The maximum Gasteiger partial charge on any atom is 0.323 e. The third-order valence-electron chi connectivity index (χ3n) is 1.30. The molecule has 0 saturated carbocycles. The van der Waals surface area contributed by atoms with Gasteiger partial charge in [-0.2, -0.15) is 8.42 Å². The Labute approximate surface area is 81.5 Å². The summed E-state index contributed by atoms with van der Waals surface area (Å²) in [7, 11) is -3.84. The second-order valence-corrected chi connectivity index (χ2v) is 4.32. The van der Waals surface area contributed by atoms with E-state index in [1.54, 1.807) is 0 Å². The first-order valence-corrected chi connectivity index (χ1v) is 5.46. The lowest BCUT2D eigenvalue weighted by Crippen LogP contribution is -2.44. The summed E-state index contributed by atoms with van der Waals surface area (Å²) >= 11 is 0. The molecule has 7 nitrogen and oxygen atoms in total. The number of rotatable bonds is 5. The number of nitrogens with two attached hydrogens (primary N) is 2. The Morgan fingerprint density at radius 3 is 2.36 bits per heavy atom. The molecule has 0 heterocycles. The van der Waals surface area contributed by atoms with Crippen molar-refractivity contribution in [1.82, 2.24) is 0 Å². The Bertz CT molecular complexity index is 312. The molecule has 1 unspecified atom stereocenters. The van der Waals surface area contributed by atoms with Gasteiger partial charge in [0.05, 0.1) is 18.7 Å². The van der Waals surface area contributed by atoms with E-state index < -0.39 is 34.6 Å². The second-order valence-electron chi connectivity index (χ2n) is 2.74. The van der Waals surface area contributed by atoms with Crippen LogP contribution in [0.4, 0.5) is 0 Å². The number of hydrogen-bond acceptors (Lipinski definition) is 7. The molecule has 82 valence electrons. The Balaban J connectivity index is 4.14. The maximum absolute atomic E-state index is 10.8. The number of aldehydes is 1. The summed E-state index contributed by atoms with van der Waals surface area (Å²) in [5.74, 6) is -1.03. The molecule has 0 bridgehead atoms. The van der Waals surface area contributed by atoms with Crippen molar-refractivity contribution in [2.24, 2.45) is 11.5 Å². The molecule has 14 heavy (non-hydrogen) atoms. The van der Waals surface area contributed by atoms with E-state index in [1.807, 2.05) is 0 Å². The van der Waals surface area contributed by atoms with E-state index in [0.717, 1.165) is 6.26 Å². The molecule has 0 saturated heterocycles. The summed E-state index contributed by atoms with van der Waals surface area (Å²) in [6, 6.07) is -1.95. The van der Waals surface area contributed by atoms with Crippen molar-refractivity contribution >= 4 is 22.4 Å². The monoisotopic (exact) mass is 224 g/mol. The summed E-state index contributed by atoms with van der Waals surface area (Å²) in [4.78, 5) is 21.0. The Morgan fingerprint density at radius 2 is 2.00 bits per heavy atom. The van der Waals surface area contributed by atoms with E-state index in [1.165, 1.54) is 0 Å². The predicted octanol–water partition coefficient (Wildman–Crippen LogP) is -2.27. The fraction of sp³-hybridized carbons (Fsp3) is 0.667. The standard InChI is InChI=1S/C6H12N2O5S/c1-14(11,12)13-6(10)2-4(7)5(8)3-9/h3-5H,2,7-8H2,1H3/t4?,5-/m0/s1. The summed E-state index contributed by atoms with van der Waals surface area (Å²) in [5, 5.41) is 0. The molecule has 4 N–H and O–H groups in total. The topological polar surface area (TPSA) is 130 Å². The fourth-order valence-corrected chi connectivity index (χ4v) is 1.04. The van der Waals surface area contributed by atoms with Crippen LogP contribution in [0.1, 0.15) is 6.42 Å². The lowest BCUT2D eigenvalue weighted by atomic mass is 10.1. The Morgan fingerprint density at radius 1 is 1.50 bits per heavy atom. The van der Waals surface area contributed by atoms with E-state index in [9.17, 15) is 18.0 Å². The smallest absolute Gasteiger partial charge is 0.323 e. The molecule has 0 aliphatic rings. The summed E-state index contributed by atoms with van der Waals surface area (Å²) in [6.45, 7) is 0. The van der Waals surface area contributed by atoms with Crippen molar-refractivity contribution in [1.29, 1.82) is 0 Å². The second kappa shape index (κ2) is 5.03. The van der Waals surface area contributed by atoms with Crippen LogP contribution in [0.2, 0.25) is 0 Å². The zero-order valence-electron chi connectivity index (χ0n) is 7.54. The normalized spacial score (nSPS) is 15.6. The van der Waals surface area contributed by atoms with Gasteiger partial charge in [0.2, 0.25) is 0 Å².